The van der Waals surface area contributed by atoms with E-state index in [1.807, 2.05) is 4.98 Å². The van der Waals surface area contributed by atoms with Gasteiger partial charge in [0.2, 0.25) is 0 Å². The van der Waals surface area contributed by atoms with Gasteiger partial charge in [-0.3, -0.25) is 18.9 Å². The zero-order valence-electron chi connectivity index (χ0n) is 15.4. The summed E-state index contributed by atoms with van der Waals surface area (Å²) in [4.78, 5) is 60.7. The normalized spacial score (nSPS) is 30.6. The quantitative estimate of drug-likeness (QED) is 0.219. The van der Waals surface area contributed by atoms with Crippen molar-refractivity contribution in [1.29, 1.82) is 0 Å². The van der Waals surface area contributed by atoms with E-state index in [1.165, 1.54) is 6.92 Å². The Hall–Kier alpha value is -1.06. The Labute approximate surface area is 171 Å². The van der Waals surface area contributed by atoms with Crippen LogP contribution >= 0.6 is 23.5 Å². The van der Waals surface area contributed by atoms with Gasteiger partial charge in [0.1, 0.15) is 18.5 Å². The van der Waals surface area contributed by atoms with Crippen LogP contribution in [0, 0.1) is 5.92 Å². The van der Waals surface area contributed by atoms with Gasteiger partial charge in [0.05, 0.1) is 12.7 Å². The third-order valence-corrected chi connectivity index (χ3v) is 7.86. The fraction of sp³-hybridized carbons (Fsp3) is 0.636. The van der Waals surface area contributed by atoms with Crippen LogP contribution in [0.1, 0.15) is 13.2 Å². The van der Waals surface area contributed by atoms with Crippen LogP contribution in [0.2, 0.25) is 0 Å². The average molecular weight is 514 g/mol. The van der Waals surface area contributed by atoms with Crippen molar-refractivity contribution in [3.63, 3.8) is 0 Å². The largest absolute Gasteiger partial charge is 0.490 e. The first kappa shape index (κ1) is 26.2. The molecule has 0 saturated carbocycles. The van der Waals surface area contributed by atoms with Crippen molar-refractivity contribution in [2.45, 2.75) is 24.9 Å². The number of alkyl halides is 1. The molecule has 1 aromatic rings. The second kappa shape index (κ2) is 9.06. The number of aromatic nitrogens is 2. The number of H-pyrrole nitrogens is 1. The number of halogens is 1. The standard InChI is InChI=1S/C11H18FN2O14P3/c1-6-8(16)11(4-12,26-9(6)14-3-2-7(15)13-10(14)17)5-25-30(21,22)28-31(23,24)27-29(18,19)20/h2-3,6,8-9,16H,4-5H2,1H3,(H,21,22)(H,23,24)(H,13,15,17)(H2,18,19,20). The smallest absolute Gasteiger partial charge is 0.389 e. The maximum absolute atomic E-state index is 13.8. The highest BCUT2D eigenvalue weighted by Crippen LogP contribution is 2.66. The van der Waals surface area contributed by atoms with Crippen LogP contribution in [0.3, 0.4) is 0 Å². The number of hydrogen-bond acceptors (Lipinski definition) is 10. The van der Waals surface area contributed by atoms with Crippen molar-refractivity contribution in [3.05, 3.63) is 33.1 Å². The molecule has 2 rings (SSSR count). The minimum Gasteiger partial charge on any atom is -0.389 e. The van der Waals surface area contributed by atoms with E-state index in [0.717, 1.165) is 16.8 Å². The first-order valence-electron chi connectivity index (χ1n) is 8.02. The molecule has 1 fully saturated rings. The Balaban J connectivity index is 2.21. The Morgan fingerprint density at radius 1 is 1.19 bits per heavy atom. The number of aromatic amines is 1. The highest BCUT2D eigenvalue weighted by molar-refractivity contribution is 7.66. The molecule has 0 bridgehead atoms. The van der Waals surface area contributed by atoms with E-state index >= 15 is 0 Å². The lowest BCUT2D eigenvalue weighted by atomic mass is 9.92. The third kappa shape index (κ3) is 6.48. The number of rotatable bonds is 9. The van der Waals surface area contributed by atoms with E-state index in [2.05, 4.69) is 13.1 Å². The summed E-state index contributed by atoms with van der Waals surface area (Å²) < 4.78 is 65.2. The predicted octanol–water partition coefficient (Wildman–Crippen LogP) is -0.886. The molecule has 0 spiro atoms. The van der Waals surface area contributed by atoms with Gasteiger partial charge in [0, 0.05) is 18.2 Å². The summed E-state index contributed by atoms with van der Waals surface area (Å²) in [5.74, 6) is -1.02. The molecule has 2 heterocycles. The summed E-state index contributed by atoms with van der Waals surface area (Å²) in [5.41, 5.74) is -4.07. The molecular weight excluding hydrogens is 496 g/mol. The molecular formula is C11H18FN2O14P3. The van der Waals surface area contributed by atoms with Gasteiger partial charge in [-0.1, -0.05) is 6.92 Å². The number of phosphoric ester groups is 1. The van der Waals surface area contributed by atoms with E-state index in [-0.39, 0.29) is 0 Å². The fourth-order valence-corrected chi connectivity index (χ4v) is 5.83. The van der Waals surface area contributed by atoms with Crippen LogP contribution in [-0.2, 0) is 31.6 Å². The summed E-state index contributed by atoms with van der Waals surface area (Å²) in [6.45, 7) is -1.48. The molecule has 0 aliphatic carbocycles. The second-order valence-corrected chi connectivity index (χ2v) is 10.8. The molecule has 31 heavy (non-hydrogen) atoms. The number of ether oxygens (including phenoxy) is 1. The maximum Gasteiger partial charge on any atom is 0.490 e. The monoisotopic (exact) mass is 514 g/mol. The molecule has 6 atom stereocenters. The van der Waals surface area contributed by atoms with Crippen LogP contribution < -0.4 is 11.2 Å². The van der Waals surface area contributed by atoms with Crippen molar-refractivity contribution < 1.29 is 60.6 Å². The SMILES string of the molecule is CC1C(n2ccc(=O)[nH]c2=O)OC(CF)(COP(=O)(O)OP(=O)(O)OP(=O)(O)O)C1O. The van der Waals surface area contributed by atoms with Crippen LogP contribution in [0.5, 0.6) is 0 Å². The second-order valence-electron chi connectivity index (χ2n) is 6.39. The number of aliphatic hydroxyl groups is 1. The zero-order chi connectivity index (χ0) is 23.8. The molecule has 6 unspecified atom stereocenters. The van der Waals surface area contributed by atoms with Crippen molar-refractivity contribution in [1.82, 2.24) is 9.55 Å². The zero-order valence-corrected chi connectivity index (χ0v) is 18.1. The molecule has 1 aliphatic heterocycles. The maximum atomic E-state index is 13.8. The Morgan fingerprint density at radius 2 is 1.81 bits per heavy atom. The average Bonchev–Trinajstić information content (AvgIpc) is 2.82. The van der Waals surface area contributed by atoms with E-state index < -0.39 is 71.8 Å². The lowest BCUT2D eigenvalue weighted by molar-refractivity contribution is -0.136. The van der Waals surface area contributed by atoms with Crippen LogP contribution in [0.15, 0.2) is 21.9 Å². The van der Waals surface area contributed by atoms with Gasteiger partial charge in [-0.05, 0) is 0 Å². The van der Waals surface area contributed by atoms with E-state index in [1.54, 1.807) is 0 Å². The third-order valence-electron chi connectivity index (χ3n) is 4.08. The number of aliphatic hydroxyl groups excluding tert-OH is 1. The first-order valence-corrected chi connectivity index (χ1v) is 12.5. The van der Waals surface area contributed by atoms with Gasteiger partial charge in [-0.15, -0.1) is 0 Å². The molecule has 1 saturated heterocycles. The highest BCUT2D eigenvalue weighted by Gasteiger charge is 2.55. The number of phosphoric acid groups is 3. The summed E-state index contributed by atoms with van der Waals surface area (Å²) >= 11 is 0. The molecule has 20 heteroatoms. The molecule has 178 valence electrons. The van der Waals surface area contributed by atoms with E-state index in [0.29, 0.717) is 0 Å². The van der Waals surface area contributed by atoms with Gasteiger partial charge in [0.15, 0.2) is 0 Å². The molecule has 0 radical (unpaired) electrons. The van der Waals surface area contributed by atoms with Crippen LogP contribution in [0.25, 0.3) is 0 Å². The number of hydrogen-bond donors (Lipinski definition) is 6. The van der Waals surface area contributed by atoms with Crippen molar-refractivity contribution in [2.75, 3.05) is 13.3 Å². The van der Waals surface area contributed by atoms with Crippen molar-refractivity contribution >= 4 is 23.5 Å². The highest BCUT2D eigenvalue weighted by atomic mass is 31.3. The summed E-state index contributed by atoms with van der Waals surface area (Å²) in [6, 6.07) is 0.950. The molecule has 1 aromatic heterocycles. The van der Waals surface area contributed by atoms with Gasteiger partial charge in [0.25, 0.3) is 5.56 Å². The Bertz CT molecular complexity index is 1070. The lowest BCUT2D eigenvalue weighted by Gasteiger charge is -2.29. The van der Waals surface area contributed by atoms with Crippen LogP contribution in [0.4, 0.5) is 4.39 Å². The van der Waals surface area contributed by atoms with Crippen LogP contribution in [-0.4, -0.2) is 59.2 Å². The molecule has 1 aliphatic rings. The summed E-state index contributed by atoms with van der Waals surface area (Å²) in [5, 5.41) is 10.4. The molecule has 0 amide bonds. The van der Waals surface area contributed by atoms with Gasteiger partial charge in [-0.2, -0.15) is 8.62 Å². The number of nitrogens with zero attached hydrogens (tertiary/aromatic N) is 1. The van der Waals surface area contributed by atoms with Gasteiger partial charge < -0.3 is 29.4 Å². The molecule has 16 nitrogen and oxygen atoms in total. The molecule has 0 aromatic carbocycles. The van der Waals surface area contributed by atoms with E-state index in [4.69, 9.17) is 19.4 Å². The minimum atomic E-state index is -5.80. The predicted molar refractivity (Wildman–Crippen MR) is 95.1 cm³/mol. The van der Waals surface area contributed by atoms with Gasteiger partial charge >= 0.3 is 29.2 Å². The summed E-state index contributed by atoms with van der Waals surface area (Å²) in [7, 11) is -17.0. The summed E-state index contributed by atoms with van der Waals surface area (Å²) in [6.07, 6.45) is -2.11. The topological polar surface area (TPSA) is 244 Å². The fourth-order valence-electron chi connectivity index (χ4n) is 2.75. The van der Waals surface area contributed by atoms with E-state index in [9.17, 15) is 37.7 Å². The lowest BCUT2D eigenvalue weighted by Crippen LogP contribution is -2.47. The Kier molecular flexibility index (Phi) is 7.65. The van der Waals surface area contributed by atoms with Gasteiger partial charge in [-0.25, -0.2) is 22.9 Å². The van der Waals surface area contributed by atoms with Crippen molar-refractivity contribution in [3.8, 4) is 0 Å². The number of nitrogens with one attached hydrogen (secondary N) is 1. The Morgan fingerprint density at radius 3 is 2.32 bits per heavy atom. The van der Waals surface area contributed by atoms with Crippen molar-refractivity contribution in [2.24, 2.45) is 5.92 Å². The molecule has 6 N–H and O–H groups in total. The first-order chi connectivity index (χ1) is 14.0. The minimum absolute atomic E-state index is 0.739.